The minimum Gasteiger partial charge on any atom is -0.459 e. The summed E-state index contributed by atoms with van der Waals surface area (Å²) in [6, 6.07) is 7.94. The van der Waals surface area contributed by atoms with Crippen LogP contribution in [0.2, 0.25) is 0 Å². The Morgan fingerprint density at radius 1 is 1.29 bits per heavy atom. The number of aliphatic hydroxyl groups is 1. The molecule has 3 rings (SSSR count). The molecule has 0 radical (unpaired) electrons. The van der Waals surface area contributed by atoms with Gasteiger partial charge in [-0.1, -0.05) is 49.4 Å². The van der Waals surface area contributed by atoms with E-state index in [1.165, 1.54) is 9.58 Å². The van der Waals surface area contributed by atoms with Crippen LogP contribution < -0.4 is 0 Å². The Kier molecular flexibility index (Phi) is 6.08. The number of benzene rings is 1. The number of aliphatic hydroxyl groups excluding tert-OH is 1. The molecule has 0 bridgehead atoms. The van der Waals surface area contributed by atoms with Gasteiger partial charge in [0.2, 0.25) is 5.91 Å². The number of rotatable bonds is 6. The van der Waals surface area contributed by atoms with Gasteiger partial charge in [0.15, 0.2) is 0 Å². The Bertz CT molecular complexity index is 821. The van der Waals surface area contributed by atoms with E-state index in [-0.39, 0.29) is 31.4 Å². The molecule has 1 N–H and O–H groups in total. The van der Waals surface area contributed by atoms with Gasteiger partial charge in [0.1, 0.15) is 18.7 Å². The second-order valence-corrected chi connectivity index (χ2v) is 7.52. The smallest absolute Gasteiger partial charge is 0.329 e. The first-order valence-electron chi connectivity index (χ1n) is 9.44. The molecule has 8 heteroatoms. The average Bonchev–Trinajstić information content (AvgIpc) is 3.26. The zero-order valence-electron chi connectivity index (χ0n) is 16.4. The number of aromatic nitrogens is 3. The monoisotopic (exact) mass is 386 g/mol. The van der Waals surface area contributed by atoms with Gasteiger partial charge < -0.3 is 14.7 Å². The summed E-state index contributed by atoms with van der Waals surface area (Å²) in [6.07, 6.45) is 1.11. The molecule has 150 valence electrons. The molecule has 1 fully saturated rings. The molecule has 2 heterocycles. The maximum atomic E-state index is 13.2. The topological polar surface area (TPSA) is 97.5 Å². The lowest BCUT2D eigenvalue weighted by Crippen LogP contribution is -2.46. The van der Waals surface area contributed by atoms with Crippen LogP contribution in [0.15, 0.2) is 36.5 Å². The predicted octanol–water partition coefficient (Wildman–Crippen LogP) is 1.49. The molecule has 3 atom stereocenters. The highest BCUT2D eigenvalue weighted by Crippen LogP contribution is 2.27. The van der Waals surface area contributed by atoms with Crippen LogP contribution >= 0.6 is 0 Å². The summed E-state index contributed by atoms with van der Waals surface area (Å²) in [5.41, 5.74) is 1.57. The van der Waals surface area contributed by atoms with E-state index >= 15 is 0 Å². The third kappa shape index (κ3) is 4.39. The summed E-state index contributed by atoms with van der Waals surface area (Å²) in [5.74, 6) is -0.837. The summed E-state index contributed by atoms with van der Waals surface area (Å²) in [6.45, 7) is 5.85. The second-order valence-electron chi connectivity index (χ2n) is 7.52. The van der Waals surface area contributed by atoms with Gasteiger partial charge in [-0.3, -0.25) is 4.79 Å². The van der Waals surface area contributed by atoms with Crippen LogP contribution in [-0.2, 0) is 20.9 Å². The van der Waals surface area contributed by atoms with Crippen molar-refractivity contribution in [2.75, 3.05) is 6.54 Å². The highest BCUT2D eigenvalue weighted by Gasteiger charge is 2.43. The highest BCUT2D eigenvalue weighted by atomic mass is 16.5. The third-order valence-electron chi connectivity index (χ3n) is 4.85. The van der Waals surface area contributed by atoms with Crippen molar-refractivity contribution in [1.29, 1.82) is 0 Å². The van der Waals surface area contributed by atoms with Gasteiger partial charge in [0.25, 0.3) is 0 Å². The van der Waals surface area contributed by atoms with Gasteiger partial charge in [-0.05, 0) is 18.4 Å². The number of β-amino-alcohol motifs (C(OH)–C–C–N with tert-alkyl or cyclic N) is 1. The van der Waals surface area contributed by atoms with E-state index in [0.717, 1.165) is 5.56 Å². The van der Waals surface area contributed by atoms with Gasteiger partial charge in [-0.15, -0.1) is 5.10 Å². The minimum atomic E-state index is -0.808. The molecule has 2 aromatic rings. The fraction of sp³-hybridized carbons (Fsp3) is 0.500. The first kappa shape index (κ1) is 20.0. The standard InChI is InChI=1S/C20H26N4O4/c1-13(2)18(24-10-14(3)21-22-24)19(26)23-11-16(25)9-17(23)20(27)28-12-15-7-5-4-6-8-15/h4-8,10,13,16-18,25H,9,11-12H2,1-3H3/t16-,17+,18?/m1/s1. The number of carbonyl (C=O) groups excluding carboxylic acids is 2. The minimum absolute atomic E-state index is 0.0627. The third-order valence-corrected chi connectivity index (χ3v) is 4.85. The Labute approximate surface area is 164 Å². The van der Waals surface area contributed by atoms with Crippen molar-refractivity contribution in [3.05, 3.63) is 47.8 Å². The summed E-state index contributed by atoms with van der Waals surface area (Å²) in [7, 11) is 0. The number of hydrogen-bond donors (Lipinski definition) is 1. The van der Waals surface area contributed by atoms with Crippen molar-refractivity contribution >= 4 is 11.9 Å². The summed E-state index contributed by atoms with van der Waals surface area (Å²) in [5, 5.41) is 18.1. The number of carbonyl (C=O) groups is 2. The first-order chi connectivity index (χ1) is 13.4. The molecule has 0 aliphatic carbocycles. The summed E-state index contributed by atoms with van der Waals surface area (Å²) in [4.78, 5) is 27.3. The maximum Gasteiger partial charge on any atom is 0.329 e. The molecule has 1 amide bonds. The van der Waals surface area contributed by atoms with E-state index in [0.29, 0.717) is 5.69 Å². The number of amides is 1. The molecular formula is C20H26N4O4. The zero-order chi connectivity index (χ0) is 20.3. The molecule has 0 saturated carbocycles. The zero-order valence-corrected chi connectivity index (χ0v) is 16.4. The van der Waals surface area contributed by atoms with Crippen molar-refractivity contribution in [3.63, 3.8) is 0 Å². The number of aryl methyl sites for hydroxylation is 1. The Morgan fingerprint density at radius 2 is 2.00 bits per heavy atom. The van der Waals surface area contributed by atoms with Gasteiger partial charge in [0, 0.05) is 19.2 Å². The van der Waals surface area contributed by atoms with Crippen LogP contribution in [-0.4, -0.2) is 55.6 Å². The largest absolute Gasteiger partial charge is 0.459 e. The lowest BCUT2D eigenvalue weighted by atomic mass is 10.0. The van der Waals surface area contributed by atoms with Crippen molar-refractivity contribution in [2.24, 2.45) is 5.92 Å². The molecule has 28 heavy (non-hydrogen) atoms. The molecule has 1 aliphatic heterocycles. The molecule has 0 spiro atoms. The van der Waals surface area contributed by atoms with Gasteiger partial charge >= 0.3 is 5.97 Å². The van der Waals surface area contributed by atoms with Crippen LogP contribution in [0.4, 0.5) is 0 Å². The van der Waals surface area contributed by atoms with E-state index < -0.39 is 24.2 Å². The Morgan fingerprint density at radius 3 is 2.61 bits per heavy atom. The van der Waals surface area contributed by atoms with Crippen LogP contribution in [0.3, 0.4) is 0 Å². The molecule has 1 aromatic heterocycles. The number of esters is 1. The molecule has 1 saturated heterocycles. The average molecular weight is 386 g/mol. The maximum absolute atomic E-state index is 13.2. The normalized spacial score (nSPS) is 20.4. The molecule has 1 aromatic carbocycles. The Hall–Kier alpha value is -2.74. The highest BCUT2D eigenvalue weighted by molar-refractivity contribution is 5.87. The fourth-order valence-corrected chi connectivity index (χ4v) is 3.48. The van der Waals surface area contributed by atoms with Crippen LogP contribution in [0.1, 0.15) is 37.6 Å². The van der Waals surface area contributed by atoms with Crippen molar-refractivity contribution in [1.82, 2.24) is 19.9 Å². The molecule has 1 aliphatic rings. The van der Waals surface area contributed by atoms with Crippen molar-refractivity contribution < 1.29 is 19.4 Å². The number of likely N-dealkylation sites (tertiary alicyclic amines) is 1. The fourth-order valence-electron chi connectivity index (χ4n) is 3.48. The summed E-state index contributed by atoms with van der Waals surface area (Å²) >= 11 is 0. The molecule has 1 unspecified atom stereocenters. The molecule has 8 nitrogen and oxygen atoms in total. The van der Waals surface area contributed by atoms with Crippen molar-refractivity contribution in [3.8, 4) is 0 Å². The van der Waals surface area contributed by atoms with Crippen LogP contribution in [0, 0.1) is 12.8 Å². The first-order valence-corrected chi connectivity index (χ1v) is 9.44. The predicted molar refractivity (Wildman–Crippen MR) is 101 cm³/mol. The van der Waals surface area contributed by atoms with E-state index in [9.17, 15) is 14.7 Å². The van der Waals surface area contributed by atoms with E-state index in [1.54, 1.807) is 13.1 Å². The van der Waals surface area contributed by atoms with Crippen LogP contribution in [0.25, 0.3) is 0 Å². The second kappa shape index (κ2) is 8.52. The van der Waals surface area contributed by atoms with Crippen LogP contribution in [0.5, 0.6) is 0 Å². The SMILES string of the molecule is Cc1cn(C(C(=O)N2C[C@H](O)C[C@H]2C(=O)OCc2ccccc2)C(C)C)nn1. The Balaban J connectivity index is 1.74. The quantitative estimate of drug-likeness (QED) is 0.756. The van der Waals surface area contributed by atoms with Gasteiger partial charge in [-0.2, -0.15) is 0 Å². The number of nitrogens with zero attached hydrogens (tertiary/aromatic N) is 4. The lowest BCUT2D eigenvalue weighted by Gasteiger charge is -2.29. The number of ether oxygens (including phenoxy) is 1. The number of hydrogen-bond acceptors (Lipinski definition) is 6. The summed E-state index contributed by atoms with van der Waals surface area (Å²) < 4.78 is 6.94. The van der Waals surface area contributed by atoms with E-state index in [2.05, 4.69) is 10.3 Å². The lowest BCUT2D eigenvalue weighted by molar-refractivity contribution is -0.156. The van der Waals surface area contributed by atoms with Gasteiger partial charge in [-0.25, -0.2) is 9.48 Å². The van der Waals surface area contributed by atoms with E-state index in [1.807, 2.05) is 44.2 Å². The van der Waals surface area contributed by atoms with Gasteiger partial charge in [0.05, 0.1) is 11.8 Å². The molecular weight excluding hydrogens is 360 g/mol. The van der Waals surface area contributed by atoms with Crippen molar-refractivity contribution in [2.45, 2.75) is 52.0 Å². The van der Waals surface area contributed by atoms with E-state index in [4.69, 9.17) is 4.74 Å².